The summed E-state index contributed by atoms with van der Waals surface area (Å²) in [6.45, 7) is 11.8. The van der Waals surface area contributed by atoms with E-state index in [-0.39, 0.29) is 42.4 Å². The van der Waals surface area contributed by atoms with Crippen LogP contribution in [-0.2, 0) is 19.1 Å². The second-order valence-corrected chi connectivity index (χ2v) is 17.0. The molecule has 50 heavy (non-hydrogen) atoms. The Hall–Kier alpha value is -2.16. The number of hydrogen-bond acceptors (Lipinski definition) is 10. The topological polar surface area (TPSA) is 148 Å². The predicted molar refractivity (Wildman–Crippen MR) is 193 cm³/mol. The van der Waals surface area contributed by atoms with E-state index in [4.69, 9.17) is 19.7 Å². The number of thiazole rings is 1. The highest BCUT2D eigenvalue weighted by Crippen LogP contribution is 2.55. The molecule has 7 rings (SSSR count). The number of rotatable bonds is 10. The van der Waals surface area contributed by atoms with Crippen molar-refractivity contribution in [2.75, 3.05) is 73.3 Å². The Morgan fingerprint density at radius 3 is 2.26 bits per heavy atom. The number of epoxide rings is 1. The van der Waals surface area contributed by atoms with Crippen LogP contribution in [0.2, 0.25) is 0 Å². The lowest BCUT2D eigenvalue weighted by atomic mass is 9.70. The fourth-order valence-electron chi connectivity index (χ4n) is 8.90. The summed E-state index contributed by atoms with van der Waals surface area (Å²) in [5, 5.41) is 19.1. The van der Waals surface area contributed by atoms with Crippen molar-refractivity contribution in [1.82, 2.24) is 25.0 Å². The van der Waals surface area contributed by atoms with Crippen molar-refractivity contribution in [3.63, 3.8) is 0 Å². The van der Waals surface area contributed by atoms with Crippen molar-refractivity contribution >= 4 is 29.1 Å². The Kier molecular flexibility index (Phi) is 13.0. The summed E-state index contributed by atoms with van der Waals surface area (Å²) in [4.78, 5) is 51.3. The number of methoxy groups -OCH3 is 1. The molecule has 1 spiro atoms. The van der Waals surface area contributed by atoms with E-state index >= 15 is 0 Å². The minimum Gasteiger partial charge on any atom is -0.400 e. The molecule has 1 aromatic rings. The van der Waals surface area contributed by atoms with Crippen LogP contribution in [0.15, 0.2) is 11.7 Å². The zero-order chi connectivity index (χ0) is 36.1. The molecule has 5 heterocycles. The molecule has 0 aromatic carbocycles. The van der Waals surface area contributed by atoms with E-state index in [2.05, 4.69) is 36.0 Å². The lowest BCUT2D eigenvalue weighted by Gasteiger charge is -2.51. The first-order valence-electron chi connectivity index (χ1n) is 18.8. The number of aliphatic hydroxyl groups is 2. The highest BCUT2D eigenvalue weighted by molar-refractivity contribution is 7.11. The van der Waals surface area contributed by atoms with E-state index in [9.17, 15) is 14.4 Å². The molecule has 2 saturated carbocycles. The van der Waals surface area contributed by atoms with Crippen LogP contribution in [-0.4, -0.2) is 133 Å². The molecule has 1 aromatic heterocycles. The Labute approximate surface area is 303 Å². The summed E-state index contributed by atoms with van der Waals surface area (Å²) in [5.74, 6) is 0.859. The van der Waals surface area contributed by atoms with Gasteiger partial charge in [0, 0.05) is 72.9 Å². The maximum Gasteiger partial charge on any atom is 0.265 e. The first-order valence-corrected chi connectivity index (χ1v) is 19.6. The van der Waals surface area contributed by atoms with Crippen molar-refractivity contribution in [2.24, 2.45) is 34.5 Å². The SMILES string of the molecule is CC[C@H](NC(=O)[C@@H]1CN(C(=O)c2cncs2)CC12CN(C(=O)[C@H]1CC1(C)C)C2)C1(N2CCC[C@H](COC)C2)CO1.CO.OCC1CCCCC1.[HH]. The summed E-state index contributed by atoms with van der Waals surface area (Å²) >= 11 is 1.32. The van der Waals surface area contributed by atoms with E-state index in [1.165, 1.54) is 43.4 Å². The minimum atomic E-state index is -0.472. The maximum atomic E-state index is 14.1. The van der Waals surface area contributed by atoms with Crippen molar-refractivity contribution in [2.45, 2.75) is 90.3 Å². The third-order valence-electron chi connectivity index (χ3n) is 12.2. The number of nitrogens with one attached hydrogen (secondary N) is 1. The summed E-state index contributed by atoms with van der Waals surface area (Å²) in [6.07, 6.45) is 12.1. The monoisotopic (exact) mass is 721 g/mol. The number of carbonyl (C=O) groups excluding carboxylic acids is 3. The van der Waals surface area contributed by atoms with Crippen LogP contribution in [0.5, 0.6) is 0 Å². The fourth-order valence-corrected chi connectivity index (χ4v) is 9.48. The van der Waals surface area contributed by atoms with Crippen LogP contribution in [0.4, 0.5) is 0 Å². The molecule has 2 aliphatic carbocycles. The molecular formula is C37H63N5O7S. The lowest BCUT2D eigenvalue weighted by Crippen LogP contribution is -2.65. The van der Waals surface area contributed by atoms with Gasteiger partial charge in [-0.3, -0.25) is 24.3 Å². The number of aliphatic hydroxyl groups excluding tert-OH is 2. The summed E-state index contributed by atoms with van der Waals surface area (Å²) in [6, 6.07) is -0.144. The molecule has 0 bridgehead atoms. The van der Waals surface area contributed by atoms with Gasteiger partial charge in [-0.2, -0.15) is 0 Å². The second-order valence-electron chi connectivity index (χ2n) is 16.1. The molecule has 4 aliphatic heterocycles. The standard InChI is InChI=1S/C29H43N5O5S.C7H14O.CH4O.H2/c1-5-23(29(17-39-29)34-8-6-7-19(11-34)13-38-4)31-24(35)21-12-32(26(37)22-10-30-18-40-22)14-28(21)15-33(16-28)25(36)20-9-27(20,2)3;8-6-7-4-2-1-3-5-7;1-2;/h10,18-21,23H,5-9,11-17H2,1-4H3,(H,31,35);7-8H,1-6H2;2H,1H3;1H/t19-,20+,21-,23-,29?;;;/m0.../s1. The molecule has 284 valence electrons. The number of likely N-dealkylation sites (tertiary alicyclic amines) is 3. The molecule has 6 aliphatic rings. The van der Waals surface area contributed by atoms with Gasteiger partial charge in [0.25, 0.3) is 5.91 Å². The number of carbonyl (C=O) groups is 3. The average Bonchev–Trinajstić information content (AvgIpc) is 3.89. The Bertz CT molecular complexity index is 1280. The average molecular weight is 722 g/mol. The fraction of sp³-hybridized carbons (Fsp3) is 0.838. The Morgan fingerprint density at radius 1 is 1.06 bits per heavy atom. The quantitative estimate of drug-likeness (QED) is 0.309. The van der Waals surface area contributed by atoms with E-state index in [1.54, 1.807) is 23.7 Å². The molecule has 5 atom stereocenters. The molecule has 6 fully saturated rings. The van der Waals surface area contributed by atoms with E-state index in [0.29, 0.717) is 56.1 Å². The van der Waals surface area contributed by atoms with Gasteiger partial charge < -0.3 is 34.8 Å². The number of amides is 3. The summed E-state index contributed by atoms with van der Waals surface area (Å²) in [7, 11) is 2.75. The van der Waals surface area contributed by atoms with E-state index < -0.39 is 11.1 Å². The minimum absolute atomic E-state index is 0. The van der Waals surface area contributed by atoms with Gasteiger partial charge >= 0.3 is 0 Å². The summed E-state index contributed by atoms with van der Waals surface area (Å²) in [5.41, 5.74) is 0.816. The molecule has 1 unspecified atom stereocenters. The number of aromatic nitrogens is 1. The van der Waals surface area contributed by atoms with Crippen molar-refractivity contribution in [1.29, 1.82) is 0 Å². The first-order chi connectivity index (χ1) is 24.1. The molecular weight excluding hydrogens is 659 g/mol. The van der Waals surface area contributed by atoms with Crippen LogP contribution in [0.25, 0.3) is 0 Å². The van der Waals surface area contributed by atoms with Crippen LogP contribution in [0.3, 0.4) is 0 Å². The van der Waals surface area contributed by atoms with Crippen LogP contribution < -0.4 is 5.32 Å². The van der Waals surface area contributed by atoms with Crippen LogP contribution >= 0.6 is 11.3 Å². The molecule has 3 N–H and O–H groups in total. The van der Waals surface area contributed by atoms with Crippen LogP contribution in [0, 0.1) is 34.5 Å². The molecule has 12 nitrogen and oxygen atoms in total. The van der Waals surface area contributed by atoms with Crippen molar-refractivity contribution in [3.05, 3.63) is 16.6 Å². The normalized spacial score (nSPS) is 30.3. The predicted octanol–water partition coefficient (Wildman–Crippen LogP) is 3.48. The first kappa shape index (κ1) is 39.1. The Balaban J connectivity index is 0.000000464. The van der Waals surface area contributed by atoms with Gasteiger partial charge in [-0.25, -0.2) is 0 Å². The molecule has 3 amide bonds. The molecule has 0 radical (unpaired) electrons. The Morgan fingerprint density at radius 2 is 1.72 bits per heavy atom. The van der Waals surface area contributed by atoms with Crippen molar-refractivity contribution < 1.29 is 35.5 Å². The highest BCUT2D eigenvalue weighted by Gasteiger charge is 2.63. The van der Waals surface area contributed by atoms with Gasteiger partial charge in [0.2, 0.25) is 11.8 Å². The van der Waals surface area contributed by atoms with Gasteiger partial charge in [-0.05, 0) is 55.8 Å². The number of nitrogens with zero attached hydrogens (tertiary/aromatic N) is 4. The lowest BCUT2D eigenvalue weighted by molar-refractivity contribution is -0.152. The van der Waals surface area contributed by atoms with Gasteiger partial charge in [0.05, 0.1) is 36.9 Å². The zero-order valence-electron chi connectivity index (χ0n) is 30.9. The third kappa shape index (κ3) is 8.39. The largest absolute Gasteiger partial charge is 0.400 e. The number of ether oxygens (including phenoxy) is 2. The number of hydrogen-bond donors (Lipinski definition) is 3. The van der Waals surface area contributed by atoms with Gasteiger partial charge in [0.15, 0.2) is 5.72 Å². The van der Waals surface area contributed by atoms with Crippen LogP contribution in [0.1, 0.15) is 89.7 Å². The van der Waals surface area contributed by atoms with E-state index in [1.807, 2.05) is 4.90 Å². The maximum absolute atomic E-state index is 14.1. The van der Waals surface area contributed by atoms with Gasteiger partial charge in [-0.1, -0.05) is 40.0 Å². The van der Waals surface area contributed by atoms with Gasteiger partial charge in [-0.15, -0.1) is 11.3 Å². The molecule has 4 saturated heterocycles. The summed E-state index contributed by atoms with van der Waals surface area (Å²) < 4.78 is 11.6. The van der Waals surface area contributed by atoms with Crippen molar-refractivity contribution in [3.8, 4) is 0 Å². The van der Waals surface area contributed by atoms with E-state index in [0.717, 1.165) is 52.5 Å². The van der Waals surface area contributed by atoms with Gasteiger partial charge in [0.1, 0.15) is 4.88 Å². The zero-order valence-corrected chi connectivity index (χ0v) is 31.7. The molecule has 13 heteroatoms. The number of piperidine rings is 1. The highest BCUT2D eigenvalue weighted by atomic mass is 32.1. The third-order valence-corrected chi connectivity index (χ3v) is 12.9. The smallest absolute Gasteiger partial charge is 0.265 e. The second kappa shape index (κ2) is 16.7.